The van der Waals surface area contributed by atoms with Crippen molar-refractivity contribution in [3.05, 3.63) is 23.9 Å². The number of amides is 1. The van der Waals surface area contributed by atoms with Crippen molar-refractivity contribution >= 4 is 41.7 Å². The van der Waals surface area contributed by atoms with Gasteiger partial charge in [-0.25, -0.2) is 9.98 Å². The topological polar surface area (TPSA) is 95.6 Å². The Hall–Kier alpha value is -1.58. The van der Waals surface area contributed by atoms with Crippen molar-refractivity contribution in [2.75, 3.05) is 31.1 Å². The zero-order valence-corrected chi connectivity index (χ0v) is 21.0. The van der Waals surface area contributed by atoms with Gasteiger partial charge >= 0.3 is 0 Å². The number of unbranched alkanes of at least 4 members (excludes halogenated alkanes) is 1. The molecule has 1 aliphatic heterocycles. The maximum absolute atomic E-state index is 11.4. The molecule has 0 bridgehead atoms. The van der Waals surface area contributed by atoms with Gasteiger partial charge in [-0.3, -0.25) is 4.79 Å². The van der Waals surface area contributed by atoms with Gasteiger partial charge in [-0.1, -0.05) is 32.8 Å². The van der Waals surface area contributed by atoms with Gasteiger partial charge in [0.2, 0.25) is 5.91 Å². The third-order valence-corrected chi connectivity index (χ3v) is 5.32. The summed E-state index contributed by atoms with van der Waals surface area (Å²) in [4.78, 5) is 23.0. The van der Waals surface area contributed by atoms with E-state index in [4.69, 9.17) is 10.7 Å². The van der Waals surface area contributed by atoms with Crippen LogP contribution in [0.15, 0.2) is 23.3 Å². The second-order valence-corrected chi connectivity index (χ2v) is 8.16. The first kappa shape index (κ1) is 26.5. The Labute approximate surface area is 198 Å². The molecule has 8 heteroatoms. The highest BCUT2D eigenvalue weighted by atomic mass is 127. The molecule has 2 rings (SSSR count). The predicted molar refractivity (Wildman–Crippen MR) is 135 cm³/mol. The SMILES string of the molecule is CCNC(=NCc1cccnc1N1CCC(C(N)=O)CC1)NCCCCC(C)C.I. The minimum absolute atomic E-state index is 0. The number of piperidine rings is 1. The van der Waals surface area contributed by atoms with Gasteiger partial charge in [0, 0.05) is 43.9 Å². The number of pyridine rings is 1. The van der Waals surface area contributed by atoms with Crippen LogP contribution < -0.4 is 21.3 Å². The smallest absolute Gasteiger partial charge is 0.220 e. The molecule has 1 aromatic rings. The number of carbonyl (C=O) groups is 1. The summed E-state index contributed by atoms with van der Waals surface area (Å²) in [6.45, 7) is 10.5. The third kappa shape index (κ3) is 9.06. The zero-order valence-electron chi connectivity index (χ0n) is 18.7. The lowest BCUT2D eigenvalue weighted by atomic mass is 9.96. The van der Waals surface area contributed by atoms with Gasteiger partial charge in [0.15, 0.2) is 5.96 Å². The Morgan fingerprint density at radius 2 is 2.03 bits per heavy atom. The number of aliphatic imine (C=N–C) groups is 1. The highest BCUT2D eigenvalue weighted by Gasteiger charge is 2.24. The van der Waals surface area contributed by atoms with E-state index in [2.05, 4.69) is 47.4 Å². The van der Waals surface area contributed by atoms with Crippen molar-refractivity contribution in [3.8, 4) is 0 Å². The number of hydrogen-bond donors (Lipinski definition) is 3. The molecule has 0 spiro atoms. The minimum Gasteiger partial charge on any atom is -0.369 e. The summed E-state index contributed by atoms with van der Waals surface area (Å²) >= 11 is 0. The summed E-state index contributed by atoms with van der Waals surface area (Å²) < 4.78 is 0. The van der Waals surface area contributed by atoms with Crippen LogP contribution in [0.3, 0.4) is 0 Å². The molecule has 0 atom stereocenters. The summed E-state index contributed by atoms with van der Waals surface area (Å²) in [5.74, 6) is 2.36. The van der Waals surface area contributed by atoms with Gasteiger partial charge in [0.1, 0.15) is 5.82 Å². The van der Waals surface area contributed by atoms with Gasteiger partial charge in [0.25, 0.3) is 0 Å². The van der Waals surface area contributed by atoms with Gasteiger partial charge in [-0.15, -0.1) is 24.0 Å². The van der Waals surface area contributed by atoms with Crippen molar-refractivity contribution in [2.24, 2.45) is 22.6 Å². The van der Waals surface area contributed by atoms with Crippen LogP contribution in [0.4, 0.5) is 5.82 Å². The number of halogens is 1. The first-order valence-corrected chi connectivity index (χ1v) is 11.0. The highest BCUT2D eigenvalue weighted by molar-refractivity contribution is 14.0. The molecular formula is C22H39IN6O. The average Bonchev–Trinajstić information content (AvgIpc) is 2.71. The first-order valence-electron chi connectivity index (χ1n) is 11.0. The molecule has 7 nitrogen and oxygen atoms in total. The standard InChI is InChI=1S/C22H38N6O.HI/c1-4-24-22(26-12-6-5-8-17(2)3)27-16-19-9-7-13-25-21(19)28-14-10-18(11-15-28)20(23)29;/h7,9,13,17-18H,4-6,8,10-12,14-16H2,1-3H3,(H2,23,29)(H2,24,26,27);1H. The van der Waals surface area contributed by atoms with Crippen LogP contribution in [0.25, 0.3) is 0 Å². The van der Waals surface area contributed by atoms with Crippen LogP contribution in [0.2, 0.25) is 0 Å². The highest BCUT2D eigenvalue weighted by Crippen LogP contribution is 2.24. The number of guanidine groups is 1. The maximum atomic E-state index is 11.4. The van der Waals surface area contributed by atoms with Crippen LogP contribution in [0, 0.1) is 11.8 Å². The molecule has 1 aliphatic rings. The number of rotatable bonds is 10. The number of primary amides is 1. The van der Waals surface area contributed by atoms with Gasteiger partial charge < -0.3 is 21.3 Å². The van der Waals surface area contributed by atoms with Crippen molar-refractivity contribution in [2.45, 2.75) is 59.4 Å². The Morgan fingerprint density at radius 3 is 2.67 bits per heavy atom. The van der Waals surface area contributed by atoms with Gasteiger partial charge in [0.05, 0.1) is 6.54 Å². The number of nitrogens with zero attached hydrogens (tertiary/aromatic N) is 3. The average molecular weight is 530 g/mol. The second kappa shape index (κ2) is 14.4. The number of nitrogens with two attached hydrogens (primary N) is 1. The third-order valence-electron chi connectivity index (χ3n) is 5.32. The van der Waals surface area contributed by atoms with E-state index in [0.29, 0.717) is 6.54 Å². The van der Waals surface area contributed by atoms with Crippen LogP contribution in [0.1, 0.15) is 58.4 Å². The molecule has 4 N–H and O–H groups in total. The Kier molecular flexibility index (Phi) is 12.7. The fourth-order valence-electron chi connectivity index (χ4n) is 3.60. The number of nitrogens with one attached hydrogen (secondary N) is 2. The number of hydrogen-bond acceptors (Lipinski definition) is 4. The van der Waals surface area contributed by atoms with Crippen LogP contribution in [0.5, 0.6) is 0 Å². The van der Waals surface area contributed by atoms with E-state index in [-0.39, 0.29) is 35.8 Å². The predicted octanol–water partition coefficient (Wildman–Crippen LogP) is 3.28. The Balaban J connectivity index is 0.00000450. The monoisotopic (exact) mass is 530 g/mol. The molecule has 1 saturated heterocycles. The molecular weight excluding hydrogens is 491 g/mol. The van der Waals surface area contributed by atoms with Crippen molar-refractivity contribution in [3.63, 3.8) is 0 Å². The maximum Gasteiger partial charge on any atom is 0.220 e. The van der Waals surface area contributed by atoms with E-state index in [1.807, 2.05) is 12.3 Å². The molecule has 0 aromatic carbocycles. The minimum atomic E-state index is -0.190. The molecule has 0 saturated carbocycles. The van der Waals surface area contributed by atoms with E-state index >= 15 is 0 Å². The molecule has 0 unspecified atom stereocenters. The van der Waals surface area contributed by atoms with Gasteiger partial charge in [-0.2, -0.15) is 0 Å². The van der Waals surface area contributed by atoms with Crippen LogP contribution in [-0.4, -0.2) is 43.0 Å². The summed E-state index contributed by atoms with van der Waals surface area (Å²) in [5, 5.41) is 6.76. The summed E-state index contributed by atoms with van der Waals surface area (Å²) in [7, 11) is 0. The van der Waals surface area contributed by atoms with Crippen molar-refractivity contribution in [1.29, 1.82) is 0 Å². The quantitative estimate of drug-likeness (QED) is 0.187. The Morgan fingerprint density at radius 1 is 1.30 bits per heavy atom. The van der Waals surface area contributed by atoms with E-state index in [1.54, 1.807) is 0 Å². The zero-order chi connectivity index (χ0) is 21.1. The van der Waals surface area contributed by atoms with Gasteiger partial charge in [-0.05, 0) is 38.2 Å². The lowest BCUT2D eigenvalue weighted by molar-refractivity contribution is -0.122. The molecule has 0 aliphatic carbocycles. The lowest BCUT2D eigenvalue weighted by Crippen LogP contribution is -2.39. The van der Waals surface area contributed by atoms with E-state index in [1.165, 1.54) is 12.8 Å². The molecule has 0 radical (unpaired) electrons. The van der Waals surface area contributed by atoms with E-state index in [9.17, 15) is 4.79 Å². The van der Waals surface area contributed by atoms with E-state index < -0.39 is 0 Å². The first-order chi connectivity index (χ1) is 14.0. The lowest BCUT2D eigenvalue weighted by Gasteiger charge is -2.32. The van der Waals surface area contributed by atoms with Crippen LogP contribution in [-0.2, 0) is 11.3 Å². The summed E-state index contributed by atoms with van der Waals surface area (Å²) in [6, 6.07) is 4.04. The van der Waals surface area contributed by atoms with Crippen molar-refractivity contribution in [1.82, 2.24) is 15.6 Å². The molecule has 1 fully saturated rings. The molecule has 1 aromatic heterocycles. The van der Waals surface area contributed by atoms with Crippen molar-refractivity contribution < 1.29 is 4.79 Å². The fourth-order valence-corrected chi connectivity index (χ4v) is 3.60. The number of anilines is 1. The number of aromatic nitrogens is 1. The fraction of sp³-hybridized carbons (Fsp3) is 0.682. The number of carbonyl (C=O) groups excluding carboxylic acids is 1. The second-order valence-electron chi connectivity index (χ2n) is 8.16. The van der Waals surface area contributed by atoms with Crippen LogP contribution >= 0.6 is 24.0 Å². The molecule has 1 amide bonds. The Bertz CT molecular complexity index is 659. The van der Waals surface area contributed by atoms with E-state index in [0.717, 1.165) is 68.7 Å². The summed E-state index contributed by atoms with van der Waals surface area (Å²) in [5.41, 5.74) is 6.56. The normalized spacial score (nSPS) is 15.1. The molecule has 30 heavy (non-hydrogen) atoms. The summed E-state index contributed by atoms with van der Waals surface area (Å²) in [6.07, 6.45) is 7.04. The largest absolute Gasteiger partial charge is 0.369 e. The molecule has 170 valence electrons. The molecule has 2 heterocycles.